The van der Waals surface area contributed by atoms with E-state index in [4.69, 9.17) is 17.3 Å². The number of fused-ring (bicyclic) bond motifs is 1. The zero-order valence-corrected chi connectivity index (χ0v) is 13.0. The van der Waals surface area contributed by atoms with Crippen LogP contribution in [0.5, 0.6) is 0 Å². The molecule has 0 saturated heterocycles. The minimum atomic E-state index is -1.45. The lowest BCUT2D eigenvalue weighted by Crippen LogP contribution is -2.11. The van der Waals surface area contributed by atoms with Gasteiger partial charge >= 0.3 is 5.97 Å². The Morgan fingerprint density at radius 1 is 1.29 bits per heavy atom. The number of imidazole rings is 1. The topological polar surface area (TPSA) is 58.0 Å². The highest BCUT2D eigenvalue weighted by Crippen LogP contribution is 2.36. The Morgan fingerprint density at radius 3 is 2.50 bits per heavy atom. The van der Waals surface area contributed by atoms with Crippen LogP contribution in [0.4, 0.5) is 17.6 Å². The van der Waals surface area contributed by atoms with Crippen molar-refractivity contribution in [3.8, 4) is 0 Å². The van der Waals surface area contributed by atoms with Crippen LogP contribution >= 0.6 is 12.2 Å². The van der Waals surface area contributed by atoms with E-state index in [0.717, 1.165) is 0 Å². The monoisotopic (exact) mass is 360 g/mol. The van der Waals surface area contributed by atoms with E-state index in [9.17, 15) is 22.4 Å². The first-order chi connectivity index (χ1) is 11.3. The van der Waals surface area contributed by atoms with Crippen molar-refractivity contribution < 1.29 is 27.5 Å². The lowest BCUT2D eigenvalue weighted by atomic mass is 9.94. The predicted molar refractivity (Wildman–Crippen MR) is 78.3 cm³/mol. The molecule has 2 aromatic rings. The highest BCUT2D eigenvalue weighted by atomic mass is 32.1. The molecule has 24 heavy (non-hydrogen) atoms. The van der Waals surface area contributed by atoms with Gasteiger partial charge in [-0.25, -0.2) is 17.6 Å². The number of nitrogens with zero attached hydrogens (tertiary/aromatic N) is 1. The standard InChI is InChI=1S/C15H12F4N2O2S/c16-7-4-8(17)14(19)12(13(7)18)6-3-10-9(1-2-11(22)23)20-15(24)21(10)5-6/h4,6H,1-3,5H2,(H,20,24)(H,22,23). The number of carboxylic acids is 1. The zero-order valence-electron chi connectivity index (χ0n) is 12.2. The molecule has 0 aliphatic carbocycles. The number of rotatable bonds is 4. The van der Waals surface area contributed by atoms with Gasteiger partial charge in [-0.1, -0.05) is 0 Å². The number of hydrogen-bond donors (Lipinski definition) is 2. The summed E-state index contributed by atoms with van der Waals surface area (Å²) in [6.45, 7) is 0.0640. The molecule has 1 aliphatic rings. The van der Waals surface area contributed by atoms with Crippen molar-refractivity contribution in [1.29, 1.82) is 0 Å². The molecule has 1 aromatic carbocycles. The van der Waals surface area contributed by atoms with Crippen LogP contribution in [0, 0.1) is 28.0 Å². The Labute approximate surface area is 138 Å². The van der Waals surface area contributed by atoms with Gasteiger partial charge in [0.25, 0.3) is 0 Å². The molecule has 3 rings (SSSR count). The molecule has 2 N–H and O–H groups in total. The molecule has 4 nitrogen and oxygen atoms in total. The first-order valence-electron chi connectivity index (χ1n) is 7.14. The molecule has 9 heteroatoms. The van der Waals surface area contributed by atoms with E-state index in [2.05, 4.69) is 4.98 Å². The molecule has 1 aliphatic heterocycles. The van der Waals surface area contributed by atoms with Crippen LogP contribution < -0.4 is 0 Å². The van der Waals surface area contributed by atoms with E-state index in [1.807, 2.05) is 0 Å². The zero-order chi connectivity index (χ0) is 17.6. The summed E-state index contributed by atoms with van der Waals surface area (Å²) >= 11 is 5.12. The van der Waals surface area contributed by atoms with Gasteiger partial charge in [0.2, 0.25) is 0 Å². The van der Waals surface area contributed by atoms with Crippen LogP contribution in [0.3, 0.4) is 0 Å². The summed E-state index contributed by atoms with van der Waals surface area (Å²) in [5.74, 6) is -7.52. The summed E-state index contributed by atoms with van der Waals surface area (Å²) in [4.78, 5) is 13.6. The average Bonchev–Trinajstić information content (AvgIpc) is 3.05. The van der Waals surface area contributed by atoms with Crippen LogP contribution in [-0.4, -0.2) is 20.6 Å². The number of benzene rings is 1. The molecule has 0 fully saturated rings. The van der Waals surface area contributed by atoms with Crippen LogP contribution in [0.1, 0.15) is 29.3 Å². The molecular weight excluding hydrogens is 348 g/mol. The van der Waals surface area contributed by atoms with Crippen molar-refractivity contribution in [3.63, 3.8) is 0 Å². The molecule has 128 valence electrons. The first-order valence-corrected chi connectivity index (χ1v) is 7.55. The van der Waals surface area contributed by atoms with E-state index >= 15 is 0 Å². The van der Waals surface area contributed by atoms with Crippen LogP contribution in [0.25, 0.3) is 0 Å². The maximum atomic E-state index is 14.0. The van der Waals surface area contributed by atoms with Crippen molar-refractivity contribution in [2.75, 3.05) is 0 Å². The van der Waals surface area contributed by atoms with Crippen molar-refractivity contribution in [2.24, 2.45) is 0 Å². The number of hydrogen-bond acceptors (Lipinski definition) is 2. The number of aliphatic carboxylic acids is 1. The fourth-order valence-corrected chi connectivity index (χ4v) is 3.39. The number of carbonyl (C=O) groups is 1. The molecule has 0 radical (unpaired) electrons. The largest absolute Gasteiger partial charge is 0.481 e. The molecule has 2 heterocycles. The van der Waals surface area contributed by atoms with Gasteiger partial charge in [0.1, 0.15) is 0 Å². The van der Waals surface area contributed by atoms with Crippen molar-refractivity contribution in [3.05, 3.63) is 51.1 Å². The summed E-state index contributed by atoms with van der Waals surface area (Å²) in [7, 11) is 0. The molecule has 0 bridgehead atoms. The second-order valence-corrected chi connectivity index (χ2v) is 6.03. The summed E-state index contributed by atoms with van der Waals surface area (Å²) in [6.07, 6.45) is 0.152. The van der Waals surface area contributed by atoms with Gasteiger partial charge in [-0.15, -0.1) is 0 Å². The summed E-state index contributed by atoms with van der Waals surface area (Å²) in [5, 5.41) is 8.76. The van der Waals surface area contributed by atoms with Gasteiger partial charge in [0.05, 0.1) is 6.42 Å². The second kappa shape index (κ2) is 6.04. The highest BCUT2D eigenvalue weighted by molar-refractivity contribution is 7.71. The lowest BCUT2D eigenvalue weighted by Gasteiger charge is -2.13. The summed E-state index contributed by atoms with van der Waals surface area (Å²) in [5.41, 5.74) is 0.520. The number of aromatic amines is 1. The third-order valence-corrected chi connectivity index (χ3v) is 4.49. The number of H-pyrrole nitrogens is 1. The molecule has 1 unspecified atom stereocenters. The van der Waals surface area contributed by atoms with Crippen molar-refractivity contribution in [2.45, 2.75) is 31.7 Å². The molecule has 1 atom stereocenters. The summed E-state index contributed by atoms with van der Waals surface area (Å²) < 4.78 is 56.6. The molecular formula is C15H12F4N2O2S. The van der Waals surface area contributed by atoms with Crippen LogP contribution in [-0.2, 0) is 24.2 Å². The summed E-state index contributed by atoms with van der Waals surface area (Å²) in [6, 6.07) is 0.175. The van der Waals surface area contributed by atoms with E-state index in [1.165, 1.54) is 0 Å². The fourth-order valence-electron chi connectivity index (χ4n) is 3.08. The van der Waals surface area contributed by atoms with Crippen molar-refractivity contribution >= 4 is 18.2 Å². The van der Waals surface area contributed by atoms with E-state index in [0.29, 0.717) is 11.4 Å². The van der Waals surface area contributed by atoms with Gasteiger partial charge in [0.15, 0.2) is 28.0 Å². The van der Waals surface area contributed by atoms with E-state index in [-0.39, 0.29) is 36.6 Å². The van der Waals surface area contributed by atoms with E-state index < -0.39 is 40.7 Å². The lowest BCUT2D eigenvalue weighted by molar-refractivity contribution is -0.136. The Bertz CT molecular complexity index is 864. The minimum Gasteiger partial charge on any atom is -0.481 e. The maximum absolute atomic E-state index is 14.0. The molecule has 1 aromatic heterocycles. The SMILES string of the molecule is O=C(O)CCc1[nH]c(=S)n2c1CC(c1c(F)c(F)cc(F)c1F)C2. The van der Waals surface area contributed by atoms with Gasteiger partial charge < -0.3 is 14.7 Å². The van der Waals surface area contributed by atoms with E-state index in [1.54, 1.807) is 4.57 Å². The quantitative estimate of drug-likeness (QED) is 0.499. The minimum absolute atomic E-state index is 0.0640. The van der Waals surface area contributed by atoms with Gasteiger partial charge in [-0.05, 0) is 25.1 Å². The normalized spacial score (nSPS) is 16.4. The molecule has 0 spiro atoms. The van der Waals surface area contributed by atoms with Crippen molar-refractivity contribution in [1.82, 2.24) is 9.55 Å². The first kappa shape index (κ1) is 16.7. The Hall–Kier alpha value is -2.16. The smallest absolute Gasteiger partial charge is 0.303 e. The number of carboxylic acid groups (broad SMARTS) is 1. The second-order valence-electron chi connectivity index (χ2n) is 5.64. The third-order valence-electron chi connectivity index (χ3n) is 4.16. The number of aryl methyl sites for hydroxylation is 1. The number of aromatic nitrogens is 2. The van der Waals surface area contributed by atoms with Crippen LogP contribution in [0.2, 0.25) is 0 Å². The molecule has 0 saturated carbocycles. The Kier molecular flexibility index (Phi) is 4.20. The van der Waals surface area contributed by atoms with Gasteiger partial charge in [-0.2, -0.15) is 0 Å². The number of halogens is 4. The van der Waals surface area contributed by atoms with Gasteiger partial charge in [-0.3, -0.25) is 4.79 Å². The third kappa shape index (κ3) is 2.72. The maximum Gasteiger partial charge on any atom is 0.303 e. The fraction of sp³-hybridized carbons (Fsp3) is 0.333. The van der Waals surface area contributed by atoms with Gasteiger partial charge in [0, 0.05) is 35.5 Å². The Balaban J connectivity index is 1.97. The van der Waals surface area contributed by atoms with Crippen LogP contribution in [0.15, 0.2) is 6.07 Å². The predicted octanol–water partition coefficient (Wildman–Crippen LogP) is 3.46. The molecule has 0 amide bonds. The number of nitrogens with one attached hydrogen (secondary N) is 1. The highest BCUT2D eigenvalue weighted by Gasteiger charge is 2.33. The Morgan fingerprint density at radius 2 is 1.92 bits per heavy atom. The average molecular weight is 360 g/mol.